The fourth-order valence-electron chi connectivity index (χ4n) is 3.03. The van der Waals surface area contributed by atoms with Gasteiger partial charge in [0.15, 0.2) is 0 Å². The number of hydrogen-bond acceptors (Lipinski definition) is 4. The minimum absolute atomic E-state index is 0.382. The summed E-state index contributed by atoms with van der Waals surface area (Å²) < 4.78 is 0. The van der Waals surface area contributed by atoms with Crippen molar-refractivity contribution in [2.24, 2.45) is 5.16 Å². The highest BCUT2D eigenvalue weighted by atomic mass is 35.5. The molecule has 28 heavy (non-hydrogen) atoms. The lowest BCUT2D eigenvalue weighted by molar-refractivity contribution is -0.133. The Labute approximate surface area is 173 Å². The molecule has 0 bridgehead atoms. The predicted octanol–water partition coefficient (Wildman–Crippen LogP) is 4.73. The molecule has 146 valence electrons. The largest absolute Gasteiger partial charge is 0.478 e. The normalized spacial score (nSPS) is 14.9. The van der Waals surface area contributed by atoms with Crippen LogP contribution in [0.4, 0.5) is 0 Å². The van der Waals surface area contributed by atoms with Gasteiger partial charge in [0.2, 0.25) is 0 Å². The Morgan fingerprint density at radius 1 is 1.21 bits per heavy atom. The van der Waals surface area contributed by atoms with Crippen LogP contribution < -0.4 is 0 Å². The summed E-state index contributed by atoms with van der Waals surface area (Å²) in [5, 5.41) is 14.3. The molecule has 7 heteroatoms. The van der Waals surface area contributed by atoms with Gasteiger partial charge in [-0.15, -0.1) is 0 Å². The van der Waals surface area contributed by atoms with Crippen LogP contribution in [0.2, 0.25) is 10.0 Å². The van der Waals surface area contributed by atoms with E-state index in [1.807, 2.05) is 35.2 Å². The molecular formula is C21H20Cl2N2O3. The number of oxime groups is 1. The maximum absolute atomic E-state index is 11.1. The Balaban J connectivity index is 1.58. The van der Waals surface area contributed by atoms with Gasteiger partial charge in [0.1, 0.15) is 6.61 Å². The van der Waals surface area contributed by atoms with E-state index in [0.717, 1.165) is 29.7 Å². The van der Waals surface area contributed by atoms with E-state index in [4.69, 9.17) is 33.1 Å². The first kappa shape index (κ1) is 20.4. The summed E-state index contributed by atoms with van der Waals surface area (Å²) in [7, 11) is 0. The lowest BCUT2D eigenvalue weighted by Gasteiger charge is -2.24. The molecule has 1 heterocycles. The Kier molecular flexibility index (Phi) is 7.09. The second kappa shape index (κ2) is 9.73. The highest BCUT2D eigenvalue weighted by Gasteiger charge is 2.16. The average molecular weight is 419 g/mol. The molecule has 3 rings (SSSR count). The quantitative estimate of drug-likeness (QED) is 0.401. The van der Waals surface area contributed by atoms with Crippen LogP contribution in [0.3, 0.4) is 0 Å². The van der Waals surface area contributed by atoms with E-state index >= 15 is 0 Å². The number of carboxylic acids is 1. The molecule has 0 saturated carbocycles. The molecule has 0 radical (unpaired) electrons. The molecule has 5 nitrogen and oxygen atoms in total. The Hall–Kier alpha value is -2.34. The van der Waals surface area contributed by atoms with Crippen molar-refractivity contribution in [1.29, 1.82) is 0 Å². The number of benzene rings is 2. The van der Waals surface area contributed by atoms with E-state index in [9.17, 15) is 4.79 Å². The van der Waals surface area contributed by atoms with Crippen molar-refractivity contribution in [3.05, 3.63) is 69.7 Å². The Morgan fingerprint density at radius 2 is 2.04 bits per heavy atom. The highest BCUT2D eigenvalue weighted by Crippen LogP contribution is 2.31. The number of hydrogen-bond donors (Lipinski definition) is 1. The van der Waals surface area contributed by atoms with Gasteiger partial charge in [-0.3, -0.25) is 4.90 Å². The summed E-state index contributed by atoms with van der Waals surface area (Å²) in [6.07, 6.45) is 4.16. The molecule has 0 aliphatic carbocycles. The number of carbonyl (C=O) groups is 1. The van der Waals surface area contributed by atoms with Crippen molar-refractivity contribution in [3.8, 4) is 11.1 Å². The van der Waals surface area contributed by atoms with Gasteiger partial charge >= 0.3 is 5.97 Å². The number of rotatable bonds is 7. The van der Waals surface area contributed by atoms with E-state index < -0.39 is 5.97 Å². The van der Waals surface area contributed by atoms with Crippen molar-refractivity contribution in [3.63, 3.8) is 0 Å². The zero-order chi connectivity index (χ0) is 19.9. The second-order valence-corrected chi connectivity index (χ2v) is 7.22. The van der Waals surface area contributed by atoms with Crippen LogP contribution in [0.5, 0.6) is 0 Å². The molecule has 1 N–H and O–H groups in total. The van der Waals surface area contributed by atoms with Crippen molar-refractivity contribution >= 4 is 35.4 Å². The van der Waals surface area contributed by atoms with Gasteiger partial charge in [0.25, 0.3) is 0 Å². The maximum atomic E-state index is 11.1. The first-order valence-corrected chi connectivity index (χ1v) is 9.64. The van der Waals surface area contributed by atoms with Gasteiger partial charge in [-0.1, -0.05) is 64.8 Å². The van der Waals surface area contributed by atoms with Gasteiger partial charge in [-0.25, -0.2) is 4.79 Å². The van der Waals surface area contributed by atoms with Gasteiger partial charge < -0.3 is 9.94 Å². The molecule has 0 amide bonds. The summed E-state index contributed by atoms with van der Waals surface area (Å²) >= 11 is 12.3. The molecule has 1 aliphatic rings. The molecular weight excluding hydrogens is 399 g/mol. The standard InChI is InChI=1S/C21H20Cl2N2O3/c22-17-7-8-19(20(23)12-17)18-6-2-1-4-15(18)13-24-28-11-10-25-9-3-5-16(14-25)21(26)27/h1-2,4-8,12-13H,3,9-11,14H2,(H,26,27)/b24-13+. The Morgan fingerprint density at radius 3 is 2.82 bits per heavy atom. The van der Waals surface area contributed by atoms with E-state index in [2.05, 4.69) is 5.16 Å². The van der Waals surface area contributed by atoms with E-state index in [0.29, 0.717) is 35.3 Å². The molecule has 2 aromatic rings. The number of carboxylic acid groups (broad SMARTS) is 1. The average Bonchev–Trinajstić information content (AvgIpc) is 2.68. The summed E-state index contributed by atoms with van der Waals surface area (Å²) in [5.74, 6) is -0.860. The van der Waals surface area contributed by atoms with Crippen LogP contribution in [0.15, 0.2) is 59.3 Å². The number of aliphatic carboxylic acids is 1. The molecule has 0 aromatic heterocycles. The minimum atomic E-state index is -0.860. The van der Waals surface area contributed by atoms with Gasteiger partial charge in [-0.05, 0) is 24.1 Å². The fraction of sp³-hybridized carbons (Fsp3) is 0.238. The molecule has 0 atom stereocenters. The third-order valence-electron chi connectivity index (χ3n) is 4.45. The molecule has 0 unspecified atom stereocenters. The molecule has 0 saturated heterocycles. The van der Waals surface area contributed by atoms with Crippen molar-refractivity contribution < 1.29 is 14.7 Å². The third-order valence-corrected chi connectivity index (χ3v) is 5.00. The van der Waals surface area contributed by atoms with Crippen molar-refractivity contribution in [2.45, 2.75) is 6.42 Å². The van der Waals surface area contributed by atoms with Crippen LogP contribution in [0, 0.1) is 0 Å². The van der Waals surface area contributed by atoms with Gasteiger partial charge in [0, 0.05) is 46.4 Å². The van der Waals surface area contributed by atoms with Gasteiger partial charge in [0.05, 0.1) is 6.21 Å². The maximum Gasteiger partial charge on any atom is 0.332 e. The highest BCUT2D eigenvalue weighted by molar-refractivity contribution is 6.36. The summed E-state index contributed by atoms with van der Waals surface area (Å²) in [5.41, 5.74) is 3.11. The topological polar surface area (TPSA) is 62.1 Å². The minimum Gasteiger partial charge on any atom is -0.478 e. The first-order chi connectivity index (χ1) is 13.5. The predicted molar refractivity (Wildman–Crippen MR) is 112 cm³/mol. The molecule has 0 spiro atoms. The smallest absolute Gasteiger partial charge is 0.332 e. The van der Waals surface area contributed by atoms with Crippen LogP contribution in [-0.4, -0.2) is 48.4 Å². The monoisotopic (exact) mass is 418 g/mol. The summed E-state index contributed by atoms with van der Waals surface area (Å²) in [6.45, 7) is 2.25. The molecule has 1 aliphatic heterocycles. The van der Waals surface area contributed by atoms with E-state index in [1.54, 1.807) is 24.4 Å². The zero-order valence-electron chi connectivity index (χ0n) is 15.1. The lowest BCUT2D eigenvalue weighted by atomic mass is 10.0. The first-order valence-electron chi connectivity index (χ1n) is 8.89. The van der Waals surface area contributed by atoms with Crippen LogP contribution in [0.25, 0.3) is 11.1 Å². The second-order valence-electron chi connectivity index (χ2n) is 6.38. The van der Waals surface area contributed by atoms with E-state index in [-0.39, 0.29) is 0 Å². The van der Waals surface area contributed by atoms with Crippen LogP contribution in [0.1, 0.15) is 12.0 Å². The summed E-state index contributed by atoms with van der Waals surface area (Å²) in [4.78, 5) is 18.5. The Bertz CT molecular complexity index is 912. The molecule has 0 fully saturated rings. The zero-order valence-corrected chi connectivity index (χ0v) is 16.7. The molecule has 2 aromatic carbocycles. The summed E-state index contributed by atoms with van der Waals surface area (Å²) in [6, 6.07) is 13.1. The third kappa shape index (κ3) is 5.35. The van der Waals surface area contributed by atoms with Crippen LogP contribution >= 0.6 is 23.2 Å². The van der Waals surface area contributed by atoms with E-state index in [1.165, 1.54) is 0 Å². The SMILES string of the molecule is O=C(O)C1=CCCN(CCO/N=C/c2ccccc2-c2ccc(Cl)cc2Cl)C1. The fourth-order valence-corrected chi connectivity index (χ4v) is 3.54. The van der Waals surface area contributed by atoms with Crippen LogP contribution in [-0.2, 0) is 9.63 Å². The van der Waals surface area contributed by atoms with Crippen molar-refractivity contribution in [1.82, 2.24) is 4.90 Å². The lowest BCUT2D eigenvalue weighted by Crippen LogP contribution is -2.34. The van der Waals surface area contributed by atoms with Crippen molar-refractivity contribution in [2.75, 3.05) is 26.2 Å². The number of nitrogens with zero attached hydrogens (tertiary/aromatic N) is 2. The van der Waals surface area contributed by atoms with Gasteiger partial charge in [-0.2, -0.15) is 0 Å². The number of halogens is 2.